The van der Waals surface area contributed by atoms with Crippen LogP contribution in [0.2, 0.25) is 0 Å². The molecule has 2 fully saturated rings. The van der Waals surface area contributed by atoms with Gasteiger partial charge >= 0.3 is 0 Å². The van der Waals surface area contributed by atoms with Gasteiger partial charge in [0.05, 0.1) is 5.69 Å². The minimum absolute atomic E-state index is 0.863. The first-order valence-electron chi connectivity index (χ1n) is 6.74. The van der Waals surface area contributed by atoms with Crippen molar-refractivity contribution in [3.8, 4) is 0 Å². The first-order chi connectivity index (χ1) is 8.88. The van der Waals surface area contributed by atoms with Gasteiger partial charge in [-0.25, -0.2) is 4.98 Å². The van der Waals surface area contributed by atoms with Crippen LogP contribution in [-0.4, -0.2) is 40.5 Å². The normalized spacial score (nSPS) is 28.0. The molecule has 1 N–H and O–H groups in total. The molecular formula is C14H18N4. The molecule has 2 aromatic rings. The van der Waals surface area contributed by atoms with Crippen molar-refractivity contribution in [1.82, 2.24) is 19.6 Å². The van der Waals surface area contributed by atoms with Crippen molar-refractivity contribution >= 4 is 5.65 Å². The number of hydrogen-bond donors (Lipinski definition) is 1. The van der Waals surface area contributed by atoms with E-state index < -0.39 is 0 Å². The molecule has 2 atom stereocenters. The molecule has 94 valence electrons. The topological polar surface area (TPSA) is 32.6 Å². The van der Waals surface area contributed by atoms with Crippen LogP contribution in [0.25, 0.3) is 5.65 Å². The Morgan fingerprint density at radius 3 is 2.83 bits per heavy atom. The summed E-state index contributed by atoms with van der Waals surface area (Å²) in [6.45, 7) is 5.85. The summed E-state index contributed by atoms with van der Waals surface area (Å²) in [5.41, 5.74) is 2.24. The number of nitrogens with one attached hydrogen (secondary N) is 1. The third kappa shape index (κ3) is 1.72. The van der Waals surface area contributed by atoms with Gasteiger partial charge in [-0.2, -0.15) is 0 Å². The van der Waals surface area contributed by atoms with Crippen LogP contribution >= 0.6 is 0 Å². The molecule has 0 aromatic carbocycles. The number of aromatic nitrogens is 2. The van der Waals surface area contributed by atoms with E-state index in [1.54, 1.807) is 0 Å². The Bertz CT molecular complexity index is 517. The number of pyridine rings is 1. The summed E-state index contributed by atoms with van der Waals surface area (Å²) in [5.74, 6) is 1.73. The smallest absolute Gasteiger partial charge is 0.137 e. The van der Waals surface area contributed by atoms with E-state index in [9.17, 15) is 0 Å². The predicted octanol–water partition coefficient (Wildman–Crippen LogP) is 0.985. The highest BCUT2D eigenvalue weighted by atomic mass is 15.2. The third-order valence-electron chi connectivity index (χ3n) is 4.26. The second kappa shape index (κ2) is 4.07. The highest BCUT2D eigenvalue weighted by Crippen LogP contribution is 2.27. The van der Waals surface area contributed by atoms with Crippen molar-refractivity contribution in [1.29, 1.82) is 0 Å². The van der Waals surface area contributed by atoms with E-state index in [1.807, 2.05) is 12.1 Å². The van der Waals surface area contributed by atoms with Crippen molar-refractivity contribution in [2.24, 2.45) is 11.8 Å². The Kier molecular flexibility index (Phi) is 2.38. The zero-order valence-corrected chi connectivity index (χ0v) is 10.4. The molecule has 0 saturated carbocycles. The fourth-order valence-electron chi connectivity index (χ4n) is 3.37. The molecule has 0 bridgehead atoms. The van der Waals surface area contributed by atoms with Crippen LogP contribution in [0.4, 0.5) is 0 Å². The first kappa shape index (κ1) is 10.5. The lowest BCUT2D eigenvalue weighted by Gasteiger charge is -2.14. The standard InChI is InChI=1S/C14H18N4/c1-2-4-18-10-13(16-14(18)3-1)9-17-7-11-5-15-6-12(11)8-17/h1-4,10-12,15H,5-9H2/t11-,12+. The zero-order chi connectivity index (χ0) is 11.9. The average Bonchev–Trinajstić information content (AvgIpc) is 3.01. The Morgan fingerprint density at radius 1 is 1.22 bits per heavy atom. The Labute approximate surface area is 107 Å². The van der Waals surface area contributed by atoms with Crippen LogP contribution in [0.5, 0.6) is 0 Å². The molecular weight excluding hydrogens is 224 g/mol. The second-order valence-electron chi connectivity index (χ2n) is 5.57. The highest BCUT2D eigenvalue weighted by Gasteiger charge is 2.35. The molecule has 2 saturated heterocycles. The SMILES string of the molecule is c1ccn2cc(CN3C[C@H]4CNC[C@H]4C3)nc2c1. The molecule has 18 heavy (non-hydrogen) atoms. The molecule has 0 radical (unpaired) electrons. The minimum atomic E-state index is 0.863. The summed E-state index contributed by atoms with van der Waals surface area (Å²) in [5, 5.41) is 3.48. The lowest BCUT2D eigenvalue weighted by atomic mass is 10.0. The molecule has 2 aromatic heterocycles. The summed E-state index contributed by atoms with van der Waals surface area (Å²) >= 11 is 0. The van der Waals surface area contributed by atoms with Crippen LogP contribution < -0.4 is 5.32 Å². The van der Waals surface area contributed by atoms with Gasteiger partial charge in [0.1, 0.15) is 5.65 Å². The summed E-state index contributed by atoms with van der Waals surface area (Å²) in [7, 11) is 0. The van der Waals surface area contributed by atoms with Crippen LogP contribution in [0.1, 0.15) is 5.69 Å². The van der Waals surface area contributed by atoms with E-state index in [4.69, 9.17) is 0 Å². The third-order valence-corrected chi connectivity index (χ3v) is 4.26. The Morgan fingerprint density at radius 2 is 2.06 bits per heavy atom. The van der Waals surface area contributed by atoms with Crippen molar-refractivity contribution in [3.05, 3.63) is 36.3 Å². The van der Waals surface area contributed by atoms with E-state index in [0.29, 0.717) is 0 Å². The molecule has 4 heterocycles. The Hall–Kier alpha value is -1.39. The summed E-state index contributed by atoms with van der Waals surface area (Å²) in [4.78, 5) is 7.23. The molecule has 4 heteroatoms. The van der Waals surface area contributed by atoms with E-state index in [2.05, 4.69) is 38.1 Å². The molecule has 0 unspecified atom stereocenters. The van der Waals surface area contributed by atoms with Crippen molar-refractivity contribution < 1.29 is 0 Å². The number of nitrogens with zero attached hydrogens (tertiary/aromatic N) is 3. The van der Waals surface area contributed by atoms with E-state index in [1.165, 1.54) is 31.9 Å². The van der Waals surface area contributed by atoms with Gasteiger partial charge in [-0.05, 0) is 37.1 Å². The number of rotatable bonds is 2. The maximum atomic E-state index is 4.68. The fourth-order valence-corrected chi connectivity index (χ4v) is 3.37. The second-order valence-corrected chi connectivity index (χ2v) is 5.57. The van der Waals surface area contributed by atoms with Gasteiger partial charge in [0.25, 0.3) is 0 Å². The van der Waals surface area contributed by atoms with E-state index in [0.717, 1.165) is 24.0 Å². The van der Waals surface area contributed by atoms with Crippen molar-refractivity contribution in [3.63, 3.8) is 0 Å². The van der Waals surface area contributed by atoms with Gasteiger partial charge in [0.2, 0.25) is 0 Å². The van der Waals surface area contributed by atoms with Crippen LogP contribution in [0, 0.1) is 11.8 Å². The quantitative estimate of drug-likeness (QED) is 0.852. The fraction of sp³-hybridized carbons (Fsp3) is 0.500. The van der Waals surface area contributed by atoms with Gasteiger partial charge in [-0.15, -0.1) is 0 Å². The molecule has 4 rings (SSSR count). The highest BCUT2D eigenvalue weighted by molar-refractivity contribution is 5.39. The van der Waals surface area contributed by atoms with Gasteiger partial charge in [-0.1, -0.05) is 6.07 Å². The van der Waals surface area contributed by atoms with Crippen molar-refractivity contribution in [2.45, 2.75) is 6.54 Å². The van der Waals surface area contributed by atoms with Crippen molar-refractivity contribution in [2.75, 3.05) is 26.2 Å². The summed E-state index contributed by atoms with van der Waals surface area (Å²) in [6.07, 6.45) is 4.22. The lowest BCUT2D eigenvalue weighted by Crippen LogP contribution is -2.25. The van der Waals surface area contributed by atoms with Crippen LogP contribution in [-0.2, 0) is 6.54 Å². The number of likely N-dealkylation sites (tertiary alicyclic amines) is 1. The number of hydrogen-bond acceptors (Lipinski definition) is 3. The predicted molar refractivity (Wildman–Crippen MR) is 70.3 cm³/mol. The summed E-state index contributed by atoms with van der Waals surface area (Å²) in [6, 6.07) is 6.15. The number of imidazole rings is 1. The van der Waals surface area contributed by atoms with Gasteiger partial charge in [0.15, 0.2) is 0 Å². The average molecular weight is 242 g/mol. The molecule has 4 nitrogen and oxygen atoms in total. The maximum absolute atomic E-state index is 4.68. The number of fused-ring (bicyclic) bond motifs is 2. The van der Waals surface area contributed by atoms with E-state index >= 15 is 0 Å². The molecule has 2 aliphatic heterocycles. The Balaban J connectivity index is 1.51. The molecule has 2 aliphatic rings. The molecule has 0 aliphatic carbocycles. The van der Waals surface area contributed by atoms with E-state index in [-0.39, 0.29) is 0 Å². The van der Waals surface area contributed by atoms with Crippen LogP contribution in [0.15, 0.2) is 30.6 Å². The minimum Gasteiger partial charge on any atom is -0.316 e. The van der Waals surface area contributed by atoms with Gasteiger partial charge in [-0.3, -0.25) is 4.90 Å². The summed E-state index contributed by atoms with van der Waals surface area (Å²) < 4.78 is 2.10. The zero-order valence-electron chi connectivity index (χ0n) is 10.4. The lowest BCUT2D eigenvalue weighted by molar-refractivity contribution is 0.302. The van der Waals surface area contributed by atoms with Crippen LogP contribution in [0.3, 0.4) is 0 Å². The first-order valence-corrected chi connectivity index (χ1v) is 6.74. The monoisotopic (exact) mass is 242 g/mol. The van der Waals surface area contributed by atoms with Gasteiger partial charge < -0.3 is 9.72 Å². The maximum Gasteiger partial charge on any atom is 0.137 e. The van der Waals surface area contributed by atoms with Gasteiger partial charge in [0, 0.05) is 32.0 Å². The largest absolute Gasteiger partial charge is 0.316 e. The molecule has 0 amide bonds. The molecule has 0 spiro atoms.